The molecule has 1 aromatic heterocycles. The van der Waals surface area contributed by atoms with Gasteiger partial charge in [0, 0.05) is 19.3 Å². The van der Waals surface area contributed by atoms with E-state index in [0.717, 1.165) is 5.69 Å². The predicted octanol–water partition coefficient (Wildman–Crippen LogP) is 2.32. The monoisotopic (exact) mass is 224 g/mol. The number of nitrogens with zero attached hydrogens (tertiary/aromatic N) is 1. The van der Waals surface area contributed by atoms with Crippen LogP contribution in [0.2, 0.25) is 0 Å². The van der Waals surface area contributed by atoms with Crippen molar-refractivity contribution < 1.29 is 9.47 Å². The number of rotatable bonds is 6. The number of hydrogen-bond donors (Lipinski definition) is 1. The molecule has 1 atom stereocenters. The summed E-state index contributed by atoms with van der Waals surface area (Å²) < 4.78 is 10.7. The molecule has 0 aromatic carbocycles. The molecule has 1 aromatic rings. The summed E-state index contributed by atoms with van der Waals surface area (Å²) in [6, 6.07) is 4.06. The number of ether oxygens (including phenoxy) is 2. The number of anilines is 1. The van der Waals surface area contributed by atoms with Gasteiger partial charge in [-0.3, -0.25) is 0 Å². The first-order valence-corrected chi connectivity index (χ1v) is 5.50. The van der Waals surface area contributed by atoms with Crippen molar-refractivity contribution in [1.29, 1.82) is 0 Å². The van der Waals surface area contributed by atoms with E-state index < -0.39 is 0 Å². The second-order valence-electron chi connectivity index (χ2n) is 4.02. The third-order valence-corrected chi connectivity index (χ3v) is 1.94. The van der Waals surface area contributed by atoms with Crippen LogP contribution < -0.4 is 10.1 Å². The van der Waals surface area contributed by atoms with E-state index in [-0.39, 0.29) is 12.1 Å². The highest BCUT2D eigenvalue weighted by Gasteiger charge is 2.09. The Hall–Kier alpha value is -1.29. The minimum Gasteiger partial charge on any atom is -0.473 e. The number of aromatic nitrogens is 1. The van der Waals surface area contributed by atoms with Crippen LogP contribution in [-0.2, 0) is 4.74 Å². The molecule has 0 saturated carbocycles. The summed E-state index contributed by atoms with van der Waals surface area (Å²) >= 11 is 0. The van der Waals surface area contributed by atoms with E-state index in [2.05, 4.69) is 17.2 Å². The summed E-state index contributed by atoms with van der Waals surface area (Å²) in [5.74, 6) is 0.639. The maximum absolute atomic E-state index is 5.61. The van der Waals surface area contributed by atoms with Gasteiger partial charge in [-0.25, -0.2) is 4.98 Å². The second kappa shape index (κ2) is 6.33. The zero-order valence-electron chi connectivity index (χ0n) is 10.4. The largest absolute Gasteiger partial charge is 0.473 e. The Kier molecular flexibility index (Phi) is 5.05. The molecule has 0 spiro atoms. The summed E-state index contributed by atoms with van der Waals surface area (Å²) in [5.41, 5.74) is 0.903. The Balaban J connectivity index is 2.70. The molecule has 1 N–H and O–H groups in total. The molecule has 16 heavy (non-hydrogen) atoms. The van der Waals surface area contributed by atoms with Crippen LogP contribution in [-0.4, -0.2) is 30.8 Å². The summed E-state index contributed by atoms with van der Waals surface area (Å²) in [5, 5.41) is 3.30. The van der Waals surface area contributed by atoms with E-state index in [1.165, 1.54) is 0 Å². The molecule has 4 nitrogen and oxygen atoms in total. The van der Waals surface area contributed by atoms with Crippen LogP contribution in [0.25, 0.3) is 0 Å². The maximum Gasteiger partial charge on any atom is 0.237 e. The Morgan fingerprint density at radius 3 is 2.75 bits per heavy atom. The number of hydrogen-bond acceptors (Lipinski definition) is 4. The van der Waals surface area contributed by atoms with Gasteiger partial charge < -0.3 is 14.8 Å². The van der Waals surface area contributed by atoms with Crippen molar-refractivity contribution in [1.82, 2.24) is 4.98 Å². The molecule has 0 aliphatic rings. The van der Waals surface area contributed by atoms with E-state index in [1.807, 2.05) is 26.0 Å². The van der Waals surface area contributed by atoms with Crippen LogP contribution in [0.3, 0.4) is 0 Å². The highest BCUT2D eigenvalue weighted by atomic mass is 16.5. The van der Waals surface area contributed by atoms with Crippen LogP contribution in [0.5, 0.6) is 5.88 Å². The maximum atomic E-state index is 5.61. The van der Waals surface area contributed by atoms with Gasteiger partial charge in [0.2, 0.25) is 5.88 Å². The van der Waals surface area contributed by atoms with Crippen LogP contribution >= 0.6 is 0 Å². The summed E-state index contributed by atoms with van der Waals surface area (Å²) in [6.45, 7) is 6.67. The SMILES string of the molecule is COCC(C)Nc1cccnc1OC(C)C. The smallest absolute Gasteiger partial charge is 0.237 e. The first kappa shape index (κ1) is 12.8. The first-order valence-electron chi connectivity index (χ1n) is 5.50. The molecule has 0 fully saturated rings. The van der Waals surface area contributed by atoms with Gasteiger partial charge in [-0.15, -0.1) is 0 Å². The standard InChI is InChI=1S/C12H20N2O2/c1-9(2)16-12-11(6-5-7-13-12)14-10(3)8-15-4/h5-7,9-10,14H,8H2,1-4H3. The Bertz CT molecular complexity index is 316. The van der Waals surface area contributed by atoms with Gasteiger partial charge in [0.25, 0.3) is 0 Å². The topological polar surface area (TPSA) is 43.4 Å². The molecule has 1 rings (SSSR count). The lowest BCUT2D eigenvalue weighted by Crippen LogP contribution is -2.22. The number of methoxy groups -OCH3 is 1. The number of pyridine rings is 1. The molecule has 0 aliphatic carbocycles. The molecule has 0 saturated heterocycles. The third-order valence-electron chi connectivity index (χ3n) is 1.94. The molecular formula is C12H20N2O2. The summed E-state index contributed by atoms with van der Waals surface area (Å²) in [7, 11) is 1.69. The first-order chi connectivity index (χ1) is 7.63. The molecule has 0 bridgehead atoms. The van der Waals surface area contributed by atoms with E-state index in [9.17, 15) is 0 Å². The Morgan fingerprint density at radius 2 is 2.12 bits per heavy atom. The molecule has 1 heterocycles. The summed E-state index contributed by atoms with van der Waals surface area (Å²) in [6.07, 6.45) is 1.84. The molecule has 0 aliphatic heterocycles. The van der Waals surface area contributed by atoms with E-state index in [4.69, 9.17) is 9.47 Å². The van der Waals surface area contributed by atoms with Gasteiger partial charge in [0.05, 0.1) is 18.4 Å². The zero-order chi connectivity index (χ0) is 12.0. The third kappa shape index (κ3) is 4.06. The average Bonchev–Trinajstić information content (AvgIpc) is 2.20. The lowest BCUT2D eigenvalue weighted by Gasteiger charge is -2.17. The van der Waals surface area contributed by atoms with Crippen molar-refractivity contribution in [2.45, 2.75) is 32.9 Å². The molecule has 0 amide bonds. The van der Waals surface area contributed by atoms with Crippen LogP contribution in [0.1, 0.15) is 20.8 Å². The molecule has 4 heteroatoms. The van der Waals surface area contributed by atoms with Gasteiger partial charge in [0.1, 0.15) is 0 Å². The minimum atomic E-state index is 0.119. The fourth-order valence-electron chi connectivity index (χ4n) is 1.37. The Morgan fingerprint density at radius 1 is 1.38 bits per heavy atom. The van der Waals surface area contributed by atoms with Crippen molar-refractivity contribution >= 4 is 5.69 Å². The van der Waals surface area contributed by atoms with Crippen molar-refractivity contribution in [2.24, 2.45) is 0 Å². The minimum absolute atomic E-state index is 0.119. The van der Waals surface area contributed by atoms with Crippen LogP contribution in [0.15, 0.2) is 18.3 Å². The van der Waals surface area contributed by atoms with Gasteiger partial charge in [0.15, 0.2) is 0 Å². The van der Waals surface area contributed by atoms with Crippen LogP contribution in [0.4, 0.5) is 5.69 Å². The average molecular weight is 224 g/mol. The molecule has 90 valence electrons. The van der Waals surface area contributed by atoms with E-state index in [1.54, 1.807) is 13.3 Å². The van der Waals surface area contributed by atoms with Gasteiger partial charge in [-0.2, -0.15) is 0 Å². The van der Waals surface area contributed by atoms with E-state index >= 15 is 0 Å². The van der Waals surface area contributed by atoms with Crippen LogP contribution in [0, 0.1) is 0 Å². The fourth-order valence-corrected chi connectivity index (χ4v) is 1.37. The second-order valence-corrected chi connectivity index (χ2v) is 4.02. The highest BCUT2D eigenvalue weighted by molar-refractivity contribution is 5.52. The lowest BCUT2D eigenvalue weighted by atomic mass is 10.3. The quantitative estimate of drug-likeness (QED) is 0.805. The summed E-state index contributed by atoms with van der Waals surface area (Å²) in [4.78, 5) is 4.21. The van der Waals surface area contributed by atoms with E-state index in [0.29, 0.717) is 12.5 Å². The molecular weight excluding hydrogens is 204 g/mol. The van der Waals surface area contributed by atoms with Gasteiger partial charge in [-0.05, 0) is 32.9 Å². The fraction of sp³-hybridized carbons (Fsp3) is 0.583. The van der Waals surface area contributed by atoms with Crippen molar-refractivity contribution in [3.05, 3.63) is 18.3 Å². The lowest BCUT2D eigenvalue weighted by molar-refractivity contribution is 0.190. The van der Waals surface area contributed by atoms with Crippen molar-refractivity contribution in [2.75, 3.05) is 19.0 Å². The van der Waals surface area contributed by atoms with Crippen molar-refractivity contribution in [3.8, 4) is 5.88 Å². The normalized spacial score (nSPS) is 12.6. The van der Waals surface area contributed by atoms with Crippen molar-refractivity contribution in [3.63, 3.8) is 0 Å². The van der Waals surface area contributed by atoms with Gasteiger partial charge in [-0.1, -0.05) is 0 Å². The highest BCUT2D eigenvalue weighted by Crippen LogP contribution is 2.22. The van der Waals surface area contributed by atoms with Gasteiger partial charge >= 0.3 is 0 Å². The zero-order valence-corrected chi connectivity index (χ0v) is 10.4. The number of nitrogens with one attached hydrogen (secondary N) is 1. The molecule has 1 unspecified atom stereocenters. The Labute approximate surface area is 97.0 Å². The predicted molar refractivity (Wildman–Crippen MR) is 65.0 cm³/mol. The molecule has 0 radical (unpaired) electrons.